The van der Waals surface area contributed by atoms with E-state index in [-0.39, 0.29) is 0 Å². The summed E-state index contributed by atoms with van der Waals surface area (Å²) < 4.78 is 12.7. The molecule has 3 rings (SSSR count). The van der Waals surface area contributed by atoms with E-state index in [9.17, 15) is 0 Å². The van der Waals surface area contributed by atoms with E-state index in [4.69, 9.17) is 33.3 Å². The van der Waals surface area contributed by atoms with Gasteiger partial charge in [0.15, 0.2) is 10.4 Å². The highest BCUT2D eigenvalue weighted by molar-refractivity contribution is 7.71. The Labute approximate surface area is 131 Å². The smallest absolute Gasteiger partial charge is 0.215 e. The van der Waals surface area contributed by atoms with Crippen LogP contribution in [0.1, 0.15) is 0 Å². The van der Waals surface area contributed by atoms with Gasteiger partial charge < -0.3 is 14.5 Å². The SMILES string of the molecule is COc1ccc(Cl)c(-n2c(=S)[nH]c3ccc(OC)nc32)c1. The number of aromatic nitrogens is 3. The Morgan fingerprint density at radius 3 is 2.71 bits per heavy atom. The fourth-order valence-electron chi connectivity index (χ4n) is 2.09. The summed E-state index contributed by atoms with van der Waals surface area (Å²) in [4.78, 5) is 7.53. The summed E-state index contributed by atoms with van der Waals surface area (Å²) in [5.74, 6) is 1.19. The van der Waals surface area contributed by atoms with Gasteiger partial charge in [0.2, 0.25) is 5.88 Å². The zero-order valence-corrected chi connectivity index (χ0v) is 13.0. The number of nitrogens with one attached hydrogen (secondary N) is 1. The topological polar surface area (TPSA) is 52.1 Å². The summed E-state index contributed by atoms with van der Waals surface area (Å²) >= 11 is 11.7. The Morgan fingerprint density at radius 1 is 1.19 bits per heavy atom. The number of halogens is 1. The maximum absolute atomic E-state index is 6.30. The van der Waals surface area contributed by atoms with E-state index in [0.29, 0.717) is 32.8 Å². The minimum absolute atomic E-state index is 0.501. The predicted molar refractivity (Wildman–Crippen MR) is 84.4 cm³/mol. The molecule has 2 aromatic heterocycles. The van der Waals surface area contributed by atoms with Crippen molar-refractivity contribution in [3.63, 3.8) is 0 Å². The van der Waals surface area contributed by atoms with Gasteiger partial charge in [-0.3, -0.25) is 4.57 Å². The van der Waals surface area contributed by atoms with Crippen molar-refractivity contribution in [2.24, 2.45) is 0 Å². The molecule has 21 heavy (non-hydrogen) atoms. The summed E-state index contributed by atoms with van der Waals surface area (Å²) in [7, 11) is 3.17. The fraction of sp³-hybridized carbons (Fsp3) is 0.143. The maximum Gasteiger partial charge on any atom is 0.215 e. The minimum Gasteiger partial charge on any atom is -0.497 e. The molecule has 0 bridgehead atoms. The van der Waals surface area contributed by atoms with Crippen LogP contribution >= 0.6 is 23.8 Å². The molecule has 0 spiro atoms. The van der Waals surface area contributed by atoms with Crippen LogP contribution in [0.4, 0.5) is 0 Å². The molecule has 108 valence electrons. The van der Waals surface area contributed by atoms with Crippen LogP contribution in [-0.4, -0.2) is 28.8 Å². The second kappa shape index (κ2) is 5.38. The van der Waals surface area contributed by atoms with Gasteiger partial charge in [-0.2, -0.15) is 4.98 Å². The quantitative estimate of drug-likeness (QED) is 0.746. The normalized spacial score (nSPS) is 10.8. The first kappa shape index (κ1) is 13.9. The van der Waals surface area contributed by atoms with E-state index >= 15 is 0 Å². The first-order chi connectivity index (χ1) is 10.1. The minimum atomic E-state index is 0.501. The second-order valence-electron chi connectivity index (χ2n) is 4.31. The largest absolute Gasteiger partial charge is 0.497 e. The Kier molecular flexibility index (Phi) is 3.57. The molecule has 0 radical (unpaired) electrons. The Hall–Kier alpha value is -2.05. The zero-order valence-electron chi connectivity index (χ0n) is 11.4. The maximum atomic E-state index is 6.30. The number of nitrogens with zero attached hydrogens (tertiary/aromatic N) is 2. The first-order valence-corrected chi connectivity index (χ1v) is 6.92. The van der Waals surface area contributed by atoms with E-state index in [1.807, 2.05) is 12.1 Å². The van der Waals surface area contributed by atoms with Crippen LogP contribution < -0.4 is 9.47 Å². The van der Waals surface area contributed by atoms with Gasteiger partial charge in [-0.25, -0.2) is 0 Å². The van der Waals surface area contributed by atoms with Gasteiger partial charge in [0.1, 0.15) is 5.75 Å². The van der Waals surface area contributed by atoms with Crippen molar-refractivity contribution < 1.29 is 9.47 Å². The molecule has 0 saturated heterocycles. The lowest BCUT2D eigenvalue weighted by Gasteiger charge is -2.09. The number of ether oxygens (including phenoxy) is 2. The Balaban J connectivity index is 2.33. The average molecular weight is 322 g/mol. The number of H-pyrrole nitrogens is 1. The lowest BCUT2D eigenvalue weighted by Crippen LogP contribution is -1.98. The fourth-order valence-corrected chi connectivity index (χ4v) is 2.59. The van der Waals surface area contributed by atoms with Crippen molar-refractivity contribution in [2.45, 2.75) is 0 Å². The number of imidazole rings is 1. The molecule has 0 fully saturated rings. The molecular weight excluding hydrogens is 310 g/mol. The molecule has 0 aliphatic carbocycles. The van der Waals surface area contributed by atoms with E-state index in [1.165, 1.54) is 0 Å². The summed E-state index contributed by atoms with van der Waals surface area (Å²) in [6, 6.07) is 8.99. The molecule has 5 nitrogen and oxygen atoms in total. The van der Waals surface area contributed by atoms with E-state index in [1.54, 1.807) is 37.0 Å². The van der Waals surface area contributed by atoms with Crippen molar-refractivity contribution in [1.29, 1.82) is 0 Å². The Bertz CT molecular complexity index is 872. The van der Waals surface area contributed by atoms with Crippen molar-refractivity contribution in [2.75, 3.05) is 14.2 Å². The average Bonchev–Trinajstić information content (AvgIpc) is 2.82. The lowest BCUT2D eigenvalue weighted by molar-refractivity contribution is 0.399. The molecular formula is C14H12ClN3O2S. The van der Waals surface area contributed by atoms with Crippen molar-refractivity contribution in [3.8, 4) is 17.3 Å². The molecule has 1 aromatic carbocycles. The van der Waals surface area contributed by atoms with Gasteiger partial charge in [0.05, 0.1) is 30.4 Å². The van der Waals surface area contributed by atoms with Crippen molar-refractivity contribution in [1.82, 2.24) is 14.5 Å². The molecule has 1 N–H and O–H groups in total. The van der Waals surface area contributed by atoms with Gasteiger partial charge in [0, 0.05) is 12.1 Å². The van der Waals surface area contributed by atoms with Crippen LogP contribution in [0.25, 0.3) is 16.9 Å². The van der Waals surface area contributed by atoms with E-state index in [0.717, 1.165) is 5.52 Å². The second-order valence-corrected chi connectivity index (χ2v) is 5.10. The van der Waals surface area contributed by atoms with Gasteiger partial charge in [-0.1, -0.05) is 11.6 Å². The number of pyridine rings is 1. The first-order valence-electron chi connectivity index (χ1n) is 6.13. The van der Waals surface area contributed by atoms with Crippen LogP contribution in [0.5, 0.6) is 11.6 Å². The number of hydrogen-bond acceptors (Lipinski definition) is 4. The number of methoxy groups -OCH3 is 2. The van der Waals surface area contributed by atoms with Crippen LogP contribution in [0.3, 0.4) is 0 Å². The highest BCUT2D eigenvalue weighted by Gasteiger charge is 2.13. The van der Waals surface area contributed by atoms with Gasteiger partial charge in [-0.05, 0) is 30.4 Å². The number of aromatic amines is 1. The van der Waals surface area contributed by atoms with Crippen LogP contribution in [-0.2, 0) is 0 Å². The zero-order chi connectivity index (χ0) is 15.0. The highest BCUT2D eigenvalue weighted by Crippen LogP contribution is 2.29. The molecule has 0 atom stereocenters. The van der Waals surface area contributed by atoms with E-state index < -0.39 is 0 Å². The Morgan fingerprint density at radius 2 is 2.00 bits per heavy atom. The van der Waals surface area contributed by atoms with Crippen LogP contribution in [0.15, 0.2) is 30.3 Å². The van der Waals surface area contributed by atoms with Gasteiger partial charge >= 0.3 is 0 Å². The lowest BCUT2D eigenvalue weighted by atomic mass is 10.3. The summed E-state index contributed by atoms with van der Waals surface area (Å²) in [6.07, 6.45) is 0. The number of fused-ring (bicyclic) bond motifs is 1. The number of hydrogen-bond donors (Lipinski definition) is 1. The van der Waals surface area contributed by atoms with Gasteiger partial charge in [0.25, 0.3) is 0 Å². The third-order valence-electron chi connectivity index (χ3n) is 3.11. The van der Waals surface area contributed by atoms with Gasteiger partial charge in [-0.15, -0.1) is 0 Å². The standard InChI is InChI=1S/C14H12ClN3O2S/c1-19-8-3-4-9(15)11(7-8)18-13-10(16-14(18)21)5-6-12(17-13)20-2/h3-7H,1-2H3,(H,16,21). The van der Waals surface area contributed by atoms with E-state index in [2.05, 4.69) is 9.97 Å². The molecule has 2 heterocycles. The summed E-state index contributed by atoms with van der Waals surface area (Å²) in [5, 5.41) is 0.553. The predicted octanol–water partition coefficient (Wildman–Crippen LogP) is 3.75. The molecule has 0 unspecified atom stereocenters. The monoisotopic (exact) mass is 321 g/mol. The van der Waals surface area contributed by atoms with Crippen molar-refractivity contribution >= 4 is 35.0 Å². The van der Waals surface area contributed by atoms with Crippen LogP contribution in [0, 0.1) is 4.77 Å². The number of benzene rings is 1. The third kappa shape index (κ3) is 2.36. The third-order valence-corrected chi connectivity index (χ3v) is 3.71. The molecule has 0 amide bonds. The number of rotatable bonds is 3. The molecule has 0 saturated carbocycles. The highest BCUT2D eigenvalue weighted by atomic mass is 35.5. The molecule has 0 aliphatic heterocycles. The molecule has 3 aromatic rings. The summed E-state index contributed by atoms with van der Waals surface area (Å²) in [6.45, 7) is 0. The molecule has 7 heteroatoms. The summed E-state index contributed by atoms with van der Waals surface area (Å²) in [5.41, 5.74) is 2.15. The van der Waals surface area contributed by atoms with Crippen molar-refractivity contribution in [3.05, 3.63) is 40.1 Å². The molecule has 0 aliphatic rings. The van der Waals surface area contributed by atoms with Crippen LogP contribution in [0.2, 0.25) is 5.02 Å².